The van der Waals surface area contributed by atoms with Gasteiger partial charge in [0.05, 0.1) is 10.8 Å². The van der Waals surface area contributed by atoms with Gasteiger partial charge in [0.25, 0.3) is 11.5 Å². The van der Waals surface area contributed by atoms with Gasteiger partial charge >= 0.3 is 0 Å². The molecule has 4 aromatic rings. The summed E-state index contributed by atoms with van der Waals surface area (Å²) in [6.07, 6.45) is 2.70. The fraction of sp³-hybridized carbons (Fsp3) is 0.115. The molecule has 0 spiro atoms. The lowest BCUT2D eigenvalue weighted by atomic mass is 9.99. The fourth-order valence-corrected chi connectivity index (χ4v) is 3.93. The van der Waals surface area contributed by atoms with E-state index in [1.54, 1.807) is 65.6 Å². The van der Waals surface area contributed by atoms with Crippen molar-refractivity contribution >= 4 is 22.3 Å². The van der Waals surface area contributed by atoms with Crippen LogP contribution in [0, 0.1) is 5.82 Å². The Balaban J connectivity index is 1.34. The van der Waals surface area contributed by atoms with Crippen LogP contribution < -0.4 is 10.3 Å². The van der Waals surface area contributed by atoms with Crippen LogP contribution in [0.2, 0.25) is 0 Å². The Labute approximate surface area is 188 Å². The highest BCUT2D eigenvalue weighted by molar-refractivity contribution is 5.95. The van der Waals surface area contributed by atoms with E-state index in [0.717, 1.165) is 11.1 Å². The van der Waals surface area contributed by atoms with Gasteiger partial charge in [0, 0.05) is 18.7 Å². The largest absolute Gasteiger partial charge is 0.437 e. The van der Waals surface area contributed by atoms with Crippen LogP contribution >= 0.6 is 0 Å². The summed E-state index contributed by atoms with van der Waals surface area (Å²) in [5.74, 6) is 0.345. The predicted octanol–water partition coefficient (Wildman–Crippen LogP) is 4.78. The van der Waals surface area contributed by atoms with Crippen LogP contribution in [-0.2, 0) is 0 Å². The maximum atomic E-state index is 13.2. The summed E-state index contributed by atoms with van der Waals surface area (Å²) in [5.41, 5.74) is 2.28. The van der Waals surface area contributed by atoms with E-state index < -0.39 is 0 Å². The predicted molar refractivity (Wildman–Crippen MR) is 124 cm³/mol. The minimum absolute atomic E-state index is 0.103. The molecule has 33 heavy (non-hydrogen) atoms. The van der Waals surface area contributed by atoms with E-state index in [9.17, 15) is 14.0 Å². The Bertz CT molecular complexity index is 1430. The first-order valence-corrected chi connectivity index (χ1v) is 10.6. The van der Waals surface area contributed by atoms with Crippen LogP contribution in [0.4, 0.5) is 4.39 Å². The lowest BCUT2D eigenvalue weighted by Gasteiger charge is -2.27. The Hall–Kier alpha value is -4.26. The van der Waals surface area contributed by atoms with Crippen molar-refractivity contribution in [1.29, 1.82) is 0 Å². The van der Waals surface area contributed by atoms with Gasteiger partial charge in [-0.05, 0) is 60.0 Å². The molecule has 1 aliphatic rings. The summed E-state index contributed by atoms with van der Waals surface area (Å²) < 4.78 is 19.1. The maximum Gasteiger partial charge on any atom is 0.272 e. The minimum atomic E-state index is -0.292. The van der Waals surface area contributed by atoms with Crippen LogP contribution in [0.1, 0.15) is 22.3 Å². The third-order valence-electron chi connectivity index (χ3n) is 5.67. The molecule has 7 heteroatoms. The average Bonchev–Trinajstić information content (AvgIpc) is 2.86. The summed E-state index contributed by atoms with van der Waals surface area (Å²) in [6.45, 7) is 1.04. The van der Waals surface area contributed by atoms with Crippen LogP contribution in [0.5, 0.6) is 11.6 Å². The molecule has 1 amide bonds. The Kier molecular flexibility index (Phi) is 5.44. The molecule has 164 valence electrons. The van der Waals surface area contributed by atoms with Crippen LogP contribution in [0.25, 0.3) is 16.3 Å². The molecule has 0 saturated carbocycles. The fourth-order valence-electron chi connectivity index (χ4n) is 3.93. The number of benzene rings is 3. The van der Waals surface area contributed by atoms with Gasteiger partial charge in [-0.2, -0.15) is 0 Å². The zero-order chi connectivity index (χ0) is 22.8. The monoisotopic (exact) mass is 441 g/mol. The first-order valence-electron chi connectivity index (χ1n) is 10.6. The molecule has 1 aliphatic heterocycles. The van der Waals surface area contributed by atoms with Crippen molar-refractivity contribution in [2.75, 3.05) is 13.1 Å². The summed E-state index contributed by atoms with van der Waals surface area (Å²) in [5, 5.41) is 7.53. The lowest BCUT2D eigenvalue weighted by molar-refractivity contribution is 0.0772. The number of rotatable bonds is 4. The zero-order valence-corrected chi connectivity index (χ0v) is 17.6. The highest BCUT2D eigenvalue weighted by Crippen LogP contribution is 2.27. The Morgan fingerprint density at radius 1 is 1.00 bits per heavy atom. The average molecular weight is 441 g/mol. The van der Waals surface area contributed by atoms with E-state index >= 15 is 0 Å². The van der Waals surface area contributed by atoms with Crippen molar-refractivity contribution < 1.29 is 13.9 Å². The van der Waals surface area contributed by atoms with Gasteiger partial charge in [-0.15, -0.1) is 5.10 Å². The van der Waals surface area contributed by atoms with Crippen LogP contribution in [0.15, 0.2) is 83.7 Å². The highest BCUT2D eigenvalue weighted by atomic mass is 19.1. The van der Waals surface area contributed by atoms with Crippen molar-refractivity contribution in [2.24, 2.45) is 0 Å². The number of H-pyrrole nitrogens is 1. The van der Waals surface area contributed by atoms with E-state index in [4.69, 9.17) is 4.74 Å². The standard InChI is InChI=1S/C26H20FN3O3/c27-20-10-8-17(9-11-20)18-12-14-30(15-13-18)26(32)19-4-3-5-21(16-19)33-25-23-7-2-1-6-22(23)24(31)28-29-25/h1-12,16H,13-15H2,(H,28,31). The molecule has 2 heterocycles. The smallest absolute Gasteiger partial charge is 0.272 e. The minimum Gasteiger partial charge on any atom is -0.437 e. The quantitative estimate of drug-likeness (QED) is 0.494. The number of aromatic amines is 1. The molecule has 0 unspecified atom stereocenters. The third-order valence-corrected chi connectivity index (χ3v) is 5.67. The van der Waals surface area contributed by atoms with Gasteiger partial charge in [-0.25, -0.2) is 9.49 Å². The van der Waals surface area contributed by atoms with E-state index in [-0.39, 0.29) is 23.2 Å². The van der Waals surface area contributed by atoms with E-state index in [0.29, 0.717) is 41.6 Å². The second-order valence-corrected chi connectivity index (χ2v) is 7.77. The zero-order valence-electron chi connectivity index (χ0n) is 17.6. The number of carbonyl (C=O) groups is 1. The number of nitrogens with zero attached hydrogens (tertiary/aromatic N) is 2. The van der Waals surface area contributed by atoms with Gasteiger partial charge in [-0.3, -0.25) is 9.59 Å². The molecule has 6 nitrogen and oxygen atoms in total. The molecular weight excluding hydrogens is 421 g/mol. The SMILES string of the molecule is O=C(c1cccc(Oc2n[nH]c(=O)c3ccccc23)c1)N1CC=C(c2ccc(F)cc2)CC1. The number of ether oxygens (including phenoxy) is 1. The number of fused-ring (bicyclic) bond motifs is 1. The first kappa shape index (κ1) is 20.6. The van der Waals surface area contributed by atoms with Gasteiger partial charge in [0.2, 0.25) is 5.88 Å². The van der Waals surface area contributed by atoms with Crippen LogP contribution in [0.3, 0.4) is 0 Å². The van der Waals surface area contributed by atoms with Crippen molar-refractivity contribution in [3.8, 4) is 11.6 Å². The molecule has 5 rings (SSSR count). The number of hydrogen-bond donors (Lipinski definition) is 1. The van der Waals surface area contributed by atoms with Gasteiger partial charge in [0.1, 0.15) is 11.6 Å². The molecule has 0 atom stereocenters. The molecule has 1 N–H and O–H groups in total. The second-order valence-electron chi connectivity index (χ2n) is 7.77. The van der Waals surface area contributed by atoms with Gasteiger partial charge < -0.3 is 9.64 Å². The molecule has 1 aromatic heterocycles. The second kappa shape index (κ2) is 8.70. The van der Waals surface area contributed by atoms with Crippen molar-refractivity contribution in [3.63, 3.8) is 0 Å². The molecule has 0 radical (unpaired) electrons. The number of carbonyl (C=O) groups excluding carboxylic acids is 1. The normalized spacial score (nSPS) is 13.6. The van der Waals surface area contributed by atoms with Crippen molar-refractivity contribution in [3.05, 3.63) is 106 Å². The summed E-state index contributed by atoms with van der Waals surface area (Å²) >= 11 is 0. The van der Waals surface area contributed by atoms with Gasteiger partial charge in [0.15, 0.2) is 0 Å². The molecule has 3 aromatic carbocycles. The lowest BCUT2D eigenvalue weighted by Crippen LogP contribution is -2.34. The number of aromatic nitrogens is 2. The number of halogens is 1. The van der Waals surface area contributed by atoms with E-state index in [2.05, 4.69) is 10.2 Å². The molecule has 0 fully saturated rings. The maximum absolute atomic E-state index is 13.2. The van der Waals surface area contributed by atoms with E-state index in [1.165, 1.54) is 12.1 Å². The van der Waals surface area contributed by atoms with Crippen molar-refractivity contribution in [1.82, 2.24) is 15.1 Å². The Morgan fingerprint density at radius 3 is 2.55 bits per heavy atom. The number of amides is 1. The summed E-state index contributed by atoms with van der Waals surface area (Å²) in [7, 11) is 0. The highest BCUT2D eigenvalue weighted by Gasteiger charge is 2.20. The molecule has 0 bridgehead atoms. The topological polar surface area (TPSA) is 75.3 Å². The number of hydrogen-bond acceptors (Lipinski definition) is 4. The Morgan fingerprint density at radius 2 is 1.79 bits per heavy atom. The summed E-state index contributed by atoms with van der Waals surface area (Å²) in [4.78, 5) is 26.8. The summed E-state index contributed by atoms with van der Waals surface area (Å²) in [6, 6.07) is 20.3. The number of nitrogens with one attached hydrogen (secondary N) is 1. The van der Waals surface area contributed by atoms with Crippen molar-refractivity contribution in [2.45, 2.75) is 6.42 Å². The van der Waals surface area contributed by atoms with Gasteiger partial charge in [-0.1, -0.05) is 36.4 Å². The molecule has 0 aliphatic carbocycles. The van der Waals surface area contributed by atoms with Crippen LogP contribution in [-0.4, -0.2) is 34.1 Å². The van der Waals surface area contributed by atoms with E-state index in [1.807, 2.05) is 6.08 Å². The molecule has 0 saturated heterocycles. The third kappa shape index (κ3) is 4.25. The first-order chi connectivity index (χ1) is 16.1. The molecular formula is C26H20FN3O3.